The molecule has 1 amide bonds. The molecule has 0 radical (unpaired) electrons. The second-order valence-electron chi connectivity index (χ2n) is 4.04. The summed E-state index contributed by atoms with van der Waals surface area (Å²) in [6, 6.07) is 2.43. The minimum absolute atomic E-state index is 0.0643. The van der Waals surface area contributed by atoms with Gasteiger partial charge in [-0.3, -0.25) is 4.79 Å². The van der Waals surface area contributed by atoms with E-state index in [-0.39, 0.29) is 22.7 Å². The zero-order chi connectivity index (χ0) is 16.2. The van der Waals surface area contributed by atoms with Crippen molar-refractivity contribution in [2.45, 2.75) is 12.3 Å². The van der Waals surface area contributed by atoms with Crippen molar-refractivity contribution in [3.8, 4) is 11.5 Å². The Morgan fingerprint density at radius 1 is 1.29 bits per heavy atom. The van der Waals surface area contributed by atoms with E-state index < -0.39 is 24.8 Å². The quantitative estimate of drug-likeness (QED) is 0.622. The number of amides is 1. The number of carbonyl (C=O) groups excluding carboxylic acids is 1. The number of anilines is 1. The maximum Gasteiger partial charge on any atom is 0.324 e. The predicted octanol–water partition coefficient (Wildman–Crippen LogP) is 1.92. The number of alkyl halides is 4. The van der Waals surface area contributed by atoms with Crippen molar-refractivity contribution >= 4 is 11.6 Å². The molecule has 0 aliphatic rings. The summed E-state index contributed by atoms with van der Waals surface area (Å²) in [6.45, 7) is -1.50. The lowest BCUT2D eigenvalue weighted by atomic mass is 10.1. The summed E-state index contributed by atoms with van der Waals surface area (Å²) >= 11 is 0. The molecule has 0 aromatic heterocycles. The van der Waals surface area contributed by atoms with Gasteiger partial charge in [0.15, 0.2) is 11.5 Å². The Bertz CT molecular complexity index is 523. The van der Waals surface area contributed by atoms with Crippen LogP contribution < -0.4 is 20.5 Å². The fraction of sp³-hybridized carbons (Fsp3) is 0.417. The van der Waals surface area contributed by atoms with E-state index in [1.54, 1.807) is 5.32 Å². The molecule has 0 saturated heterocycles. The number of halogens is 4. The van der Waals surface area contributed by atoms with Crippen LogP contribution in [0.1, 0.15) is 10.4 Å². The van der Waals surface area contributed by atoms with E-state index in [0.717, 1.165) is 0 Å². The van der Waals surface area contributed by atoms with Gasteiger partial charge < -0.3 is 20.5 Å². The van der Waals surface area contributed by atoms with Crippen molar-refractivity contribution in [1.82, 2.24) is 5.32 Å². The van der Waals surface area contributed by atoms with Crippen molar-refractivity contribution in [3.05, 3.63) is 17.7 Å². The van der Waals surface area contributed by atoms with Crippen molar-refractivity contribution in [2.24, 2.45) is 0 Å². The summed E-state index contributed by atoms with van der Waals surface area (Å²) in [4.78, 5) is 11.7. The molecule has 9 heteroatoms. The molecule has 0 fully saturated rings. The van der Waals surface area contributed by atoms with Gasteiger partial charge in [-0.15, -0.1) is 0 Å². The van der Waals surface area contributed by atoms with Crippen molar-refractivity contribution in [1.29, 1.82) is 0 Å². The van der Waals surface area contributed by atoms with Gasteiger partial charge in [-0.05, 0) is 6.07 Å². The summed E-state index contributed by atoms with van der Waals surface area (Å²) in [5.74, 6) is -4.95. The summed E-state index contributed by atoms with van der Waals surface area (Å²) < 4.78 is 59.4. The molecule has 0 aliphatic heterocycles. The average Bonchev–Trinajstić information content (AvgIpc) is 2.44. The van der Waals surface area contributed by atoms with Gasteiger partial charge in [-0.1, -0.05) is 0 Å². The normalized spacial score (nSPS) is 11.4. The van der Waals surface area contributed by atoms with Crippen LogP contribution >= 0.6 is 0 Å². The molecule has 21 heavy (non-hydrogen) atoms. The molecule has 0 spiro atoms. The first-order chi connectivity index (χ1) is 9.72. The fourth-order valence-corrected chi connectivity index (χ4v) is 1.46. The van der Waals surface area contributed by atoms with E-state index in [9.17, 15) is 22.4 Å². The zero-order valence-corrected chi connectivity index (χ0v) is 11.3. The van der Waals surface area contributed by atoms with Crippen LogP contribution in [0.2, 0.25) is 0 Å². The molecule has 1 aromatic rings. The molecule has 0 heterocycles. The van der Waals surface area contributed by atoms with Crippen LogP contribution in [-0.2, 0) is 0 Å². The second kappa shape index (κ2) is 6.51. The summed E-state index contributed by atoms with van der Waals surface area (Å²) in [5.41, 5.74) is 5.34. The van der Waals surface area contributed by atoms with Crippen LogP contribution in [0.5, 0.6) is 11.5 Å². The third-order valence-electron chi connectivity index (χ3n) is 2.60. The highest BCUT2D eigenvalue weighted by Crippen LogP contribution is 2.32. The van der Waals surface area contributed by atoms with Crippen molar-refractivity contribution in [3.63, 3.8) is 0 Å². The molecule has 1 rings (SSSR count). The number of nitrogens with two attached hydrogens (primary N) is 1. The molecule has 0 saturated carbocycles. The highest BCUT2D eigenvalue weighted by molar-refractivity contribution is 6.00. The molecule has 3 N–H and O–H groups in total. The van der Waals surface area contributed by atoms with Crippen molar-refractivity contribution < 1.29 is 31.8 Å². The highest BCUT2D eigenvalue weighted by atomic mass is 19.3. The monoisotopic (exact) mass is 310 g/mol. The van der Waals surface area contributed by atoms with E-state index in [0.29, 0.717) is 0 Å². The van der Waals surface area contributed by atoms with Crippen LogP contribution in [0.4, 0.5) is 23.2 Å². The Balaban J connectivity index is 2.93. The number of hydrogen-bond donors (Lipinski definition) is 2. The van der Waals surface area contributed by atoms with Gasteiger partial charge in [0.2, 0.25) is 0 Å². The molecule has 0 aliphatic carbocycles. The first-order valence-electron chi connectivity index (χ1n) is 5.68. The average molecular weight is 310 g/mol. The summed E-state index contributed by atoms with van der Waals surface area (Å²) in [6.07, 6.45) is -3.87. The Labute approximate surface area is 118 Å². The Kier molecular flexibility index (Phi) is 5.23. The Hall–Kier alpha value is -2.19. The number of methoxy groups -OCH3 is 2. The van der Waals surface area contributed by atoms with E-state index in [1.807, 2.05) is 0 Å². The lowest BCUT2D eigenvalue weighted by Crippen LogP contribution is -2.41. The van der Waals surface area contributed by atoms with E-state index in [4.69, 9.17) is 15.2 Å². The third-order valence-corrected chi connectivity index (χ3v) is 2.60. The lowest BCUT2D eigenvalue weighted by Gasteiger charge is -2.17. The number of rotatable bonds is 6. The molecule has 5 nitrogen and oxygen atoms in total. The van der Waals surface area contributed by atoms with Crippen LogP contribution in [0.25, 0.3) is 0 Å². The molecule has 118 valence electrons. The van der Waals surface area contributed by atoms with E-state index in [2.05, 4.69) is 0 Å². The second-order valence-corrected chi connectivity index (χ2v) is 4.04. The van der Waals surface area contributed by atoms with Crippen LogP contribution in [-0.4, -0.2) is 39.0 Å². The third kappa shape index (κ3) is 3.89. The van der Waals surface area contributed by atoms with Crippen LogP contribution in [0.15, 0.2) is 12.1 Å². The zero-order valence-electron chi connectivity index (χ0n) is 11.3. The van der Waals surface area contributed by atoms with Crippen molar-refractivity contribution in [2.75, 3.05) is 26.5 Å². The SMILES string of the molecule is COc1cc(N)c(C(=O)NCC(F)(F)C(F)F)cc1OC. The van der Waals surface area contributed by atoms with E-state index in [1.165, 1.54) is 26.4 Å². The Morgan fingerprint density at radius 2 is 1.81 bits per heavy atom. The standard InChI is InChI=1S/C12H14F4N2O3/c1-20-8-3-6(7(17)4-9(8)21-2)10(19)18-5-12(15,16)11(13)14/h3-4,11H,5,17H2,1-2H3,(H,18,19). The molecule has 0 unspecified atom stereocenters. The number of benzene rings is 1. The maximum absolute atomic E-state index is 12.7. The van der Waals surface area contributed by atoms with Gasteiger partial charge >= 0.3 is 12.3 Å². The van der Waals surface area contributed by atoms with Gasteiger partial charge in [0.05, 0.1) is 26.3 Å². The number of nitrogen functional groups attached to an aromatic ring is 1. The number of nitrogens with one attached hydrogen (secondary N) is 1. The first-order valence-corrected chi connectivity index (χ1v) is 5.68. The summed E-state index contributed by atoms with van der Waals surface area (Å²) in [5, 5.41) is 1.70. The molecule has 0 bridgehead atoms. The van der Waals surface area contributed by atoms with Gasteiger partial charge in [0.25, 0.3) is 5.91 Å². The highest BCUT2D eigenvalue weighted by Gasteiger charge is 2.41. The van der Waals surface area contributed by atoms with Crippen LogP contribution in [0, 0.1) is 0 Å². The van der Waals surface area contributed by atoms with Crippen LogP contribution in [0.3, 0.4) is 0 Å². The number of hydrogen-bond acceptors (Lipinski definition) is 4. The largest absolute Gasteiger partial charge is 0.493 e. The van der Waals surface area contributed by atoms with Gasteiger partial charge in [-0.2, -0.15) is 8.78 Å². The maximum atomic E-state index is 12.7. The minimum atomic E-state index is -4.32. The van der Waals surface area contributed by atoms with Gasteiger partial charge in [0, 0.05) is 11.8 Å². The fourth-order valence-electron chi connectivity index (χ4n) is 1.46. The molecule has 1 aromatic carbocycles. The lowest BCUT2D eigenvalue weighted by molar-refractivity contribution is -0.123. The topological polar surface area (TPSA) is 73.6 Å². The number of ether oxygens (including phenoxy) is 2. The smallest absolute Gasteiger partial charge is 0.324 e. The predicted molar refractivity (Wildman–Crippen MR) is 67.2 cm³/mol. The summed E-state index contributed by atoms with van der Waals surface area (Å²) in [7, 11) is 2.65. The molecular weight excluding hydrogens is 296 g/mol. The minimum Gasteiger partial charge on any atom is -0.493 e. The van der Waals surface area contributed by atoms with E-state index >= 15 is 0 Å². The first kappa shape index (κ1) is 16.9. The molecule has 0 atom stereocenters. The van der Waals surface area contributed by atoms with Gasteiger partial charge in [-0.25, -0.2) is 8.78 Å². The van der Waals surface area contributed by atoms with Gasteiger partial charge in [0.1, 0.15) is 0 Å². The Morgan fingerprint density at radius 3 is 2.29 bits per heavy atom. The number of carbonyl (C=O) groups is 1. The molecular formula is C12H14F4N2O3.